The Bertz CT molecular complexity index is 419. The van der Waals surface area contributed by atoms with Gasteiger partial charge >= 0.3 is 0 Å². The molecule has 1 aromatic rings. The minimum Gasteiger partial charge on any atom is -0.486 e. The molecule has 0 aliphatic carbocycles. The van der Waals surface area contributed by atoms with Crippen LogP contribution in [0.2, 0.25) is 0 Å². The van der Waals surface area contributed by atoms with Crippen molar-refractivity contribution in [1.29, 1.82) is 0 Å². The molecule has 3 rings (SSSR count). The van der Waals surface area contributed by atoms with E-state index in [1.165, 1.54) is 0 Å². The second-order valence-corrected chi connectivity index (χ2v) is 4.64. The van der Waals surface area contributed by atoms with E-state index in [1.54, 1.807) is 0 Å². The zero-order valence-corrected chi connectivity index (χ0v) is 10.2. The van der Waals surface area contributed by atoms with Gasteiger partial charge in [0, 0.05) is 18.1 Å². The van der Waals surface area contributed by atoms with Crippen LogP contribution in [0.4, 0.5) is 0 Å². The molecule has 0 saturated carbocycles. The van der Waals surface area contributed by atoms with Gasteiger partial charge in [-0.25, -0.2) is 0 Å². The van der Waals surface area contributed by atoms with Gasteiger partial charge in [-0.1, -0.05) is 12.1 Å². The highest BCUT2D eigenvalue weighted by Gasteiger charge is 2.30. The number of benzene rings is 1. The standard InChI is InChI=1S/C13H18N2O3/c14-15-12(9-4-5-16-8-9)10-2-1-3-11-13(10)18-7-6-17-11/h1-3,9,12,15H,4-8,14H2. The van der Waals surface area contributed by atoms with Gasteiger partial charge in [-0.3, -0.25) is 11.3 Å². The fourth-order valence-electron chi connectivity index (χ4n) is 2.64. The van der Waals surface area contributed by atoms with Crippen LogP contribution in [0.15, 0.2) is 18.2 Å². The summed E-state index contributed by atoms with van der Waals surface area (Å²) < 4.78 is 16.8. The number of rotatable bonds is 3. The van der Waals surface area contributed by atoms with Crippen LogP contribution >= 0.6 is 0 Å². The first-order valence-corrected chi connectivity index (χ1v) is 6.32. The van der Waals surface area contributed by atoms with Gasteiger partial charge < -0.3 is 14.2 Å². The third-order valence-corrected chi connectivity index (χ3v) is 3.55. The Morgan fingerprint density at radius 3 is 2.89 bits per heavy atom. The molecule has 0 aromatic heterocycles. The average Bonchev–Trinajstić information content (AvgIpc) is 2.94. The summed E-state index contributed by atoms with van der Waals surface area (Å²) in [5.74, 6) is 7.72. The molecule has 5 nitrogen and oxygen atoms in total. The summed E-state index contributed by atoms with van der Waals surface area (Å²) in [7, 11) is 0. The maximum Gasteiger partial charge on any atom is 0.166 e. The Morgan fingerprint density at radius 1 is 1.22 bits per heavy atom. The molecule has 1 saturated heterocycles. The van der Waals surface area contributed by atoms with E-state index in [-0.39, 0.29) is 6.04 Å². The summed E-state index contributed by atoms with van der Waals surface area (Å²) in [6.45, 7) is 2.72. The lowest BCUT2D eigenvalue weighted by molar-refractivity contribution is 0.162. The quantitative estimate of drug-likeness (QED) is 0.619. The zero-order chi connectivity index (χ0) is 12.4. The summed E-state index contributed by atoms with van der Waals surface area (Å²) in [5, 5.41) is 0. The predicted molar refractivity (Wildman–Crippen MR) is 66.4 cm³/mol. The van der Waals surface area contributed by atoms with Gasteiger partial charge in [0.15, 0.2) is 11.5 Å². The highest BCUT2D eigenvalue weighted by Crippen LogP contribution is 2.40. The van der Waals surface area contributed by atoms with Crippen molar-refractivity contribution in [1.82, 2.24) is 5.43 Å². The normalized spacial score (nSPS) is 23.9. The Kier molecular flexibility index (Phi) is 3.36. The number of hydrazine groups is 1. The van der Waals surface area contributed by atoms with Crippen molar-refractivity contribution in [3.8, 4) is 11.5 Å². The van der Waals surface area contributed by atoms with E-state index in [0.717, 1.165) is 36.7 Å². The molecule has 0 amide bonds. The van der Waals surface area contributed by atoms with E-state index in [2.05, 4.69) is 5.43 Å². The van der Waals surface area contributed by atoms with Crippen molar-refractivity contribution in [2.24, 2.45) is 11.8 Å². The topological polar surface area (TPSA) is 65.7 Å². The van der Waals surface area contributed by atoms with Crippen LogP contribution in [0.3, 0.4) is 0 Å². The minimum atomic E-state index is 0.0455. The van der Waals surface area contributed by atoms with Gasteiger partial charge in [0.25, 0.3) is 0 Å². The summed E-state index contributed by atoms with van der Waals surface area (Å²) in [5.41, 5.74) is 3.96. The fraction of sp³-hybridized carbons (Fsp3) is 0.538. The first kappa shape index (κ1) is 11.8. The molecule has 2 unspecified atom stereocenters. The van der Waals surface area contributed by atoms with Gasteiger partial charge in [0.05, 0.1) is 12.6 Å². The van der Waals surface area contributed by atoms with Crippen molar-refractivity contribution in [3.05, 3.63) is 23.8 Å². The lowest BCUT2D eigenvalue weighted by Gasteiger charge is -2.27. The number of nitrogens with two attached hydrogens (primary N) is 1. The monoisotopic (exact) mass is 250 g/mol. The second-order valence-electron chi connectivity index (χ2n) is 4.64. The maximum absolute atomic E-state index is 5.74. The third kappa shape index (κ3) is 2.05. The van der Waals surface area contributed by atoms with Crippen LogP contribution in [0.25, 0.3) is 0 Å². The van der Waals surface area contributed by atoms with Crippen molar-refractivity contribution in [2.45, 2.75) is 12.5 Å². The van der Waals surface area contributed by atoms with Gasteiger partial charge in [0.2, 0.25) is 0 Å². The molecule has 1 fully saturated rings. The summed E-state index contributed by atoms with van der Waals surface area (Å²) in [4.78, 5) is 0. The predicted octanol–water partition coefficient (Wildman–Crippen LogP) is 0.999. The van der Waals surface area contributed by atoms with Gasteiger partial charge in [-0.05, 0) is 12.5 Å². The summed E-state index contributed by atoms with van der Waals surface area (Å²) in [6, 6.07) is 5.99. The van der Waals surface area contributed by atoms with Crippen molar-refractivity contribution in [3.63, 3.8) is 0 Å². The molecule has 0 radical (unpaired) electrons. The van der Waals surface area contributed by atoms with Crippen LogP contribution in [0.1, 0.15) is 18.0 Å². The van der Waals surface area contributed by atoms with Crippen LogP contribution < -0.4 is 20.7 Å². The molecule has 2 aliphatic heterocycles. The lowest BCUT2D eigenvalue weighted by Crippen LogP contribution is -2.34. The Balaban J connectivity index is 1.93. The number of hydrogen-bond acceptors (Lipinski definition) is 5. The van der Waals surface area contributed by atoms with Crippen molar-refractivity contribution in [2.75, 3.05) is 26.4 Å². The first-order chi connectivity index (χ1) is 8.90. The number of hydrogen-bond donors (Lipinski definition) is 2. The van der Waals surface area contributed by atoms with Gasteiger partial charge in [-0.15, -0.1) is 0 Å². The van der Waals surface area contributed by atoms with Crippen LogP contribution in [0.5, 0.6) is 11.5 Å². The highest BCUT2D eigenvalue weighted by atomic mass is 16.6. The summed E-state index contributed by atoms with van der Waals surface area (Å²) in [6.07, 6.45) is 1.01. The average molecular weight is 250 g/mol. The van der Waals surface area contributed by atoms with E-state index in [9.17, 15) is 0 Å². The number of ether oxygens (including phenoxy) is 3. The molecular weight excluding hydrogens is 232 g/mol. The first-order valence-electron chi connectivity index (χ1n) is 6.32. The zero-order valence-electron chi connectivity index (χ0n) is 10.2. The molecule has 1 aromatic carbocycles. The number of nitrogens with one attached hydrogen (secondary N) is 1. The van der Waals surface area contributed by atoms with E-state index < -0.39 is 0 Å². The molecule has 18 heavy (non-hydrogen) atoms. The lowest BCUT2D eigenvalue weighted by atomic mass is 9.92. The van der Waals surface area contributed by atoms with E-state index in [4.69, 9.17) is 20.1 Å². The Labute approximate surface area is 106 Å². The van der Waals surface area contributed by atoms with Crippen LogP contribution in [-0.4, -0.2) is 26.4 Å². The Hall–Kier alpha value is -1.30. The van der Waals surface area contributed by atoms with E-state index in [1.807, 2.05) is 18.2 Å². The van der Waals surface area contributed by atoms with Crippen LogP contribution in [-0.2, 0) is 4.74 Å². The van der Waals surface area contributed by atoms with Gasteiger partial charge in [-0.2, -0.15) is 0 Å². The molecule has 5 heteroatoms. The maximum atomic E-state index is 5.74. The molecule has 0 spiro atoms. The second kappa shape index (κ2) is 5.14. The highest BCUT2D eigenvalue weighted by molar-refractivity contribution is 5.49. The largest absolute Gasteiger partial charge is 0.486 e. The molecule has 2 heterocycles. The smallest absolute Gasteiger partial charge is 0.166 e. The molecule has 3 N–H and O–H groups in total. The minimum absolute atomic E-state index is 0.0455. The SMILES string of the molecule is NNC(c1cccc2c1OCCO2)C1CCOC1. The molecular formula is C13H18N2O3. The van der Waals surface area contributed by atoms with Crippen LogP contribution in [0, 0.1) is 5.92 Å². The van der Waals surface area contributed by atoms with Crippen molar-refractivity contribution >= 4 is 0 Å². The fourth-order valence-corrected chi connectivity index (χ4v) is 2.64. The van der Waals surface area contributed by atoms with E-state index in [0.29, 0.717) is 19.1 Å². The van der Waals surface area contributed by atoms with Crippen molar-refractivity contribution < 1.29 is 14.2 Å². The number of para-hydroxylation sites is 1. The Morgan fingerprint density at radius 2 is 2.11 bits per heavy atom. The molecule has 0 bridgehead atoms. The third-order valence-electron chi connectivity index (χ3n) is 3.55. The molecule has 98 valence electrons. The number of fused-ring (bicyclic) bond motifs is 1. The molecule has 2 atom stereocenters. The summed E-state index contributed by atoms with van der Waals surface area (Å²) >= 11 is 0. The van der Waals surface area contributed by atoms with E-state index >= 15 is 0 Å². The van der Waals surface area contributed by atoms with Gasteiger partial charge in [0.1, 0.15) is 13.2 Å². The molecule has 2 aliphatic rings.